The average Bonchev–Trinajstić information content (AvgIpc) is 3.12. The minimum atomic E-state index is -0.426. The van der Waals surface area contributed by atoms with Crippen LogP contribution in [-0.4, -0.2) is 16.9 Å². The summed E-state index contributed by atoms with van der Waals surface area (Å²) in [5, 5.41) is 3.38. The normalized spacial score (nSPS) is 14.8. The highest BCUT2D eigenvalue weighted by molar-refractivity contribution is 5.82. The molecule has 1 aliphatic heterocycles. The van der Waals surface area contributed by atoms with Gasteiger partial charge in [0.2, 0.25) is 0 Å². The van der Waals surface area contributed by atoms with Gasteiger partial charge >= 0.3 is 11.7 Å². The monoisotopic (exact) mass is 424 g/mol. The Morgan fingerprint density at radius 1 is 0.938 bits per heavy atom. The second-order valence-corrected chi connectivity index (χ2v) is 8.19. The van der Waals surface area contributed by atoms with Crippen molar-refractivity contribution >= 4 is 11.7 Å². The van der Waals surface area contributed by atoms with Gasteiger partial charge in [0, 0.05) is 18.4 Å². The molecule has 158 valence electrons. The molecule has 0 saturated heterocycles. The molecule has 5 heteroatoms. The Hall–Kier alpha value is -3.86. The minimum absolute atomic E-state index is 0.0330. The molecule has 0 amide bonds. The predicted molar refractivity (Wildman–Crippen MR) is 122 cm³/mol. The summed E-state index contributed by atoms with van der Waals surface area (Å²) < 4.78 is 15.0. The van der Waals surface area contributed by atoms with E-state index in [0.29, 0.717) is 12.8 Å². The first-order valence-corrected chi connectivity index (χ1v) is 10.7. The first-order chi connectivity index (χ1) is 15.6. The van der Waals surface area contributed by atoms with Crippen molar-refractivity contribution in [1.82, 2.24) is 4.98 Å². The zero-order valence-corrected chi connectivity index (χ0v) is 17.8. The molecule has 3 aromatic carbocycles. The lowest BCUT2D eigenvalue weighted by molar-refractivity contribution is -0.552. The standard InChI is InChI=1S/C27H22FN3O/c1-18-7-11-21(12-8-18)25-17-31-26(23(29-25)15-19-5-3-2-4-6-19)30-24(27(31)32)16-20-9-13-22(28)14-10-20/h2-14,17,24H,15-16H2,1H3/p+1. The number of carbonyl (C=O) groups excluding carboxylic acids is 1. The maximum atomic E-state index is 13.3. The van der Waals surface area contributed by atoms with Gasteiger partial charge in [-0.2, -0.15) is 4.57 Å². The molecule has 0 radical (unpaired) electrons. The van der Waals surface area contributed by atoms with Gasteiger partial charge in [0.25, 0.3) is 0 Å². The molecule has 0 spiro atoms. The fraction of sp³-hybridized carbons (Fsp3) is 0.148. The fourth-order valence-electron chi connectivity index (χ4n) is 4.04. The van der Waals surface area contributed by atoms with E-state index in [2.05, 4.69) is 17.4 Å². The summed E-state index contributed by atoms with van der Waals surface area (Å²) in [6, 6.07) is 24.1. The lowest BCUT2D eigenvalue weighted by Crippen LogP contribution is -2.44. The summed E-state index contributed by atoms with van der Waals surface area (Å²) in [4.78, 5) is 18.3. The van der Waals surface area contributed by atoms with Crippen LogP contribution >= 0.6 is 0 Å². The Labute approximate surface area is 186 Å². The number of hydrogen-bond donors (Lipinski definition) is 1. The number of carbonyl (C=O) groups is 1. The van der Waals surface area contributed by atoms with E-state index in [4.69, 9.17) is 4.98 Å². The summed E-state index contributed by atoms with van der Waals surface area (Å²) in [5.41, 5.74) is 5.75. The number of nitrogens with one attached hydrogen (secondary N) is 1. The van der Waals surface area contributed by atoms with Crippen LogP contribution in [-0.2, 0) is 12.8 Å². The van der Waals surface area contributed by atoms with E-state index in [-0.39, 0.29) is 11.7 Å². The van der Waals surface area contributed by atoms with Crippen molar-refractivity contribution in [2.45, 2.75) is 25.8 Å². The number of nitrogens with zero attached hydrogens (tertiary/aromatic N) is 2. The largest absolute Gasteiger partial charge is 0.359 e. The number of aryl methyl sites for hydroxylation is 1. The van der Waals surface area contributed by atoms with Crippen molar-refractivity contribution in [2.75, 3.05) is 5.32 Å². The van der Waals surface area contributed by atoms with Gasteiger partial charge < -0.3 is 0 Å². The van der Waals surface area contributed by atoms with E-state index >= 15 is 0 Å². The Bertz CT molecular complexity index is 1270. The topological polar surface area (TPSA) is 45.9 Å². The third-order valence-electron chi connectivity index (χ3n) is 5.78. The Kier molecular flexibility index (Phi) is 5.23. The molecule has 2 heterocycles. The van der Waals surface area contributed by atoms with Gasteiger partial charge in [0.15, 0.2) is 6.04 Å². The Morgan fingerprint density at radius 3 is 2.38 bits per heavy atom. The van der Waals surface area contributed by atoms with Gasteiger partial charge in [-0.05, 0) is 30.2 Å². The van der Waals surface area contributed by atoms with Gasteiger partial charge in [-0.3, -0.25) is 5.32 Å². The number of anilines is 1. The van der Waals surface area contributed by atoms with Crippen LogP contribution in [0.3, 0.4) is 0 Å². The number of halogens is 1. The highest BCUT2D eigenvalue weighted by Gasteiger charge is 2.41. The molecule has 0 fully saturated rings. The van der Waals surface area contributed by atoms with E-state index in [1.165, 1.54) is 17.7 Å². The van der Waals surface area contributed by atoms with Gasteiger partial charge in [-0.15, -0.1) is 0 Å². The zero-order valence-electron chi connectivity index (χ0n) is 17.8. The molecule has 1 N–H and O–H groups in total. The summed E-state index contributed by atoms with van der Waals surface area (Å²) >= 11 is 0. The highest BCUT2D eigenvalue weighted by Crippen LogP contribution is 2.25. The maximum Gasteiger partial charge on any atom is 0.359 e. The van der Waals surface area contributed by atoms with E-state index in [9.17, 15) is 9.18 Å². The molecule has 0 saturated carbocycles. The van der Waals surface area contributed by atoms with Crippen molar-refractivity contribution in [3.63, 3.8) is 0 Å². The fourth-order valence-corrected chi connectivity index (χ4v) is 4.04. The molecule has 1 unspecified atom stereocenters. The average molecular weight is 424 g/mol. The van der Waals surface area contributed by atoms with E-state index in [1.54, 1.807) is 16.7 Å². The van der Waals surface area contributed by atoms with Crippen molar-refractivity contribution in [3.8, 4) is 11.3 Å². The van der Waals surface area contributed by atoms with Crippen molar-refractivity contribution in [2.24, 2.45) is 0 Å². The summed E-state index contributed by atoms with van der Waals surface area (Å²) in [6.07, 6.45) is 2.90. The first-order valence-electron chi connectivity index (χ1n) is 10.7. The van der Waals surface area contributed by atoms with Gasteiger partial charge in [0.05, 0.1) is 0 Å². The molecule has 1 atom stereocenters. The summed E-state index contributed by atoms with van der Waals surface area (Å²) in [6.45, 7) is 2.04. The van der Waals surface area contributed by atoms with Gasteiger partial charge in [-0.25, -0.2) is 14.2 Å². The molecule has 1 aliphatic rings. The van der Waals surface area contributed by atoms with Gasteiger partial charge in [0.1, 0.15) is 23.4 Å². The molecule has 1 aromatic heterocycles. The van der Waals surface area contributed by atoms with Crippen LogP contribution in [0, 0.1) is 12.7 Å². The molecule has 4 nitrogen and oxygen atoms in total. The van der Waals surface area contributed by atoms with Crippen LogP contribution in [0.5, 0.6) is 0 Å². The summed E-state index contributed by atoms with van der Waals surface area (Å²) in [5.74, 6) is 0.408. The van der Waals surface area contributed by atoms with Crippen molar-refractivity contribution < 1.29 is 13.8 Å². The molecular weight excluding hydrogens is 401 g/mol. The Morgan fingerprint density at radius 2 is 1.66 bits per heavy atom. The zero-order chi connectivity index (χ0) is 22.1. The Balaban J connectivity index is 1.53. The lowest BCUT2D eigenvalue weighted by atomic mass is 10.1. The van der Waals surface area contributed by atoms with Crippen LogP contribution < -0.4 is 9.88 Å². The third-order valence-corrected chi connectivity index (χ3v) is 5.78. The maximum absolute atomic E-state index is 13.3. The quantitative estimate of drug-likeness (QED) is 0.470. The minimum Gasteiger partial charge on any atom is -0.258 e. The van der Waals surface area contributed by atoms with Crippen LogP contribution in [0.2, 0.25) is 0 Å². The van der Waals surface area contributed by atoms with Crippen LogP contribution in [0.4, 0.5) is 10.2 Å². The molecule has 4 aromatic rings. The van der Waals surface area contributed by atoms with E-state index in [1.807, 2.05) is 55.6 Å². The summed E-state index contributed by atoms with van der Waals surface area (Å²) in [7, 11) is 0. The smallest absolute Gasteiger partial charge is 0.258 e. The number of hydrogen-bond acceptors (Lipinski definition) is 3. The van der Waals surface area contributed by atoms with Crippen LogP contribution in [0.25, 0.3) is 11.3 Å². The SMILES string of the molecule is Cc1ccc(-c2c[n+]3c(c(Cc4ccccc4)n2)NC(Cc2ccc(F)cc2)C3=O)cc1. The second kappa shape index (κ2) is 8.35. The molecule has 0 aliphatic carbocycles. The van der Waals surface area contributed by atoms with Crippen LogP contribution in [0.15, 0.2) is 85.1 Å². The van der Waals surface area contributed by atoms with Crippen LogP contribution in [0.1, 0.15) is 27.2 Å². The first kappa shape index (κ1) is 20.1. The number of aromatic nitrogens is 2. The second-order valence-electron chi connectivity index (χ2n) is 8.19. The molecule has 5 rings (SSSR count). The van der Waals surface area contributed by atoms with Gasteiger partial charge in [-0.1, -0.05) is 72.3 Å². The lowest BCUT2D eigenvalue weighted by Gasteiger charge is -2.07. The van der Waals surface area contributed by atoms with Crippen molar-refractivity contribution in [3.05, 3.63) is 113 Å². The number of rotatable bonds is 5. The molecule has 32 heavy (non-hydrogen) atoms. The van der Waals surface area contributed by atoms with E-state index < -0.39 is 6.04 Å². The predicted octanol–water partition coefficient (Wildman–Crippen LogP) is 4.75. The molecule has 0 bridgehead atoms. The van der Waals surface area contributed by atoms with E-state index in [0.717, 1.165) is 33.9 Å². The van der Waals surface area contributed by atoms with Crippen molar-refractivity contribution in [1.29, 1.82) is 0 Å². The third kappa shape index (κ3) is 4.02. The number of benzene rings is 3. The molecular formula is C27H23FN3O+. The number of fused-ring (bicyclic) bond motifs is 1. The highest BCUT2D eigenvalue weighted by atomic mass is 19.1.